The van der Waals surface area contributed by atoms with E-state index in [0.717, 1.165) is 13.0 Å². The largest absolute Gasteiger partial charge is 0.467 e. The summed E-state index contributed by atoms with van der Waals surface area (Å²) in [6, 6.07) is 2.16. The highest BCUT2D eigenvalue weighted by Crippen LogP contribution is 2.40. The number of fused-ring (bicyclic) bond motifs is 2. The van der Waals surface area contributed by atoms with Crippen molar-refractivity contribution in [2.45, 2.75) is 50.5 Å². The molecule has 0 amide bonds. The first kappa shape index (κ1) is 9.46. The first-order valence-electron chi connectivity index (χ1n) is 6.23. The summed E-state index contributed by atoms with van der Waals surface area (Å²) in [5.74, 6) is 1.25. The minimum Gasteiger partial charge on any atom is -0.467 e. The third kappa shape index (κ3) is 1.51. The second kappa shape index (κ2) is 3.67. The Kier molecular flexibility index (Phi) is 2.32. The Morgan fingerprint density at radius 3 is 2.73 bits per heavy atom. The SMILES string of the molecule is c1cc2c(o1)C1(CCCCCC1)NCC2. The number of rotatable bonds is 0. The van der Waals surface area contributed by atoms with E-state index >= 15 is 0 Å². The number of nitrogens with one attached hydrogen (secondary N) is 1. The summed E-state index contributed by atoms with van der Waals surface area (Å²) in [6.45, 7) is 1.12. The topological polar surface area (TPSA) is 25.2 Å². The zero-order valence-electron chi connectivity index (χ0n) is 9.22. The predicted molar refractivity (Wildman–Crippen MR) is 59.8 cm³/mol. The summed E-state index contributed by atoms with van der Waals surface area (Å²) in [5, 5.41) is 3.72. The van der Waals surface area contributed by atoms with Gasteiger partial charge in [0.05, 0.1) is 11.8 Å². The molecule has 2 heterocycles. The second-order valence-electron chi connectivity index (χ2n) is 4.95. The van der Waals surface area contributed by atoms with E-state index in [2.05, 4.69) is 11.4 Å². The molecule has 0 aromatic carbocycles. The molecule has 0 radical (unpaired) electrons. The number of furan rings is 1. The Balaban J connectivity index is 1.98. The van der Waals surface area contributed by atoms with E-state index in [4.69, 9.17) is 4.42 Å². The van der Waals surface area contributed by atoms with Gasteiger partial charge in [0.2, 0.25) is 0 Å². The fraction of sp³-hybridized carbons (Fsp3) is 0.692. The smallest absolute Gasteiger partial charge is 0.127 e. The lowest BCUT2D eigenvalue weighted by atomic mass is 9.82. The van der Waals surface area contributed by atoms with Gasteiger partial charge in [-0.3, -0.25) is 0 Å². The summed E-state index contributed by atoms with van der Waals surface area (Å²) >= 11 is 0. The fourth-order valence-corrected chi connectivity index (χ4v) is 3.21. The molecule has 2 aliphatic rings. The van der Waals surface area contributed by atoms with Crippen LogP contribution in [0.25, 0.3) is 0 Å². The van der Waals surface area contributed by atoms with Gasteiger partial charge in [-0.15, -0.1) is 0 Å². The van der Waals surface area contributed by atoms with Crippen molar-refractivity contribution in [3.63, 3.8) is 0 Å². The standard InChI is InChI=1S/C13H19NO/c1-2-4-8-13(7-3-1)12-11(5-9-14-13)6-10-15-12/h6,10,14H,1-5,7-9H2. The van der Waals surface area contributed by atoms with Crippen LogP contribution < -0.4 is 5.32 Å². The molecule has 2 nitrogen and oxygen atoms in total. The first-order valence-corrected chi connectivity index (χ1v) is 6.23. The van der Waals surface area contributed by atoms with Crippen molar-refractivity contribution < 1.29 is 4.42 Å². The maximum Gasteiger partial charge on any atom is 0.127 e. The Labute approximate surface area is 91.0 Å². The zero-order chi connectivity index (χ0) is 10.1. The molecule has 15 heavy (non-hydrogen) atoms. The molecule has 1 aliphatic carbocycles. The molecule has 0 atom stereocenters. The average Bonchev–Trinajstić information content (AvgIpc) is 2.62. The first-order chi connectivity index (χ1) is 7.41. The molecule has 0 bridgehead atoms. The zero-order valence-corrected chi connectivity index (χ0v) is 9.22. The Morgan fingerprint density at radius 2 is 1.93 bits per heavy atom. The Hall–Kier alpha value is -0.760. The summed E-state index contributed by atoms with van der Waals surface area (Å²) in [5.41, 5.74) is 1.63. The van der Waals surface area contributed by atoms with Gasteiger partial charge >= 0.3 is 0 Å². The van der Waals surface area contributed by atoms with Crippen LogP contribution >= 0.6 is 0 Å². The molecule has 1 saturated carbocycles. The lowest BCUT2D eigenvalue weighted by molar-refractivity contribution is 0.223. The molecule has 1 fully saturated rings. The predicted octanol–water partition coefficient (Wildman–Crippen LogP) is 2.97. The van der Waals surface area contributed by atoms with Gasteiger partial charge in [0, 0.05) is 6.54 Å². The molecule has 1 spiro atoms. The molecule has 3 rings (SSSR count). The molecular weight excluding hydrogens is 186 g/mol. The number of hydrogen-bond donors (Lipinski definition) is 1. The second-order valence-corrected chi connectivity index (χ2v) is 4.95. The van der Waals surface area contributed by atoms with E-state index in [-0.39, 0.29) is 5.54 Å². The van der Waals surface area contributed by atoms with Crippen LogP contribution in [0, 0.1) is 0 Å². The van der Waals surface area contributed by atoms with E-state index in [0.29, 0.717) is 0 Å². The monoisotopic (exact) mass is 205 g/mol. The van der Waals surface area contributed by atoms with Crippen molar-refractivity contribution in [3.8, 4) is 0 Å². The highest BCUT2D eigenvalue weighted by atomic mass is 16.3. The third-order valence-corrected chi connectivity index (χ3v) is 4.00. The van der Waals surface area contributed by atoms with Gasteiger partial charge in [-0.1, -0.05) is 25.7 Å². The fourth-order valence-electron chi connectivity index (χ4n) is 3.21. The molecule has 1 aliphatic heterocycles. The van der Waals surface area contributed by atoms with Crippen LogP contribution in [-0.4, -0.2) is 6.54 Å². The van der Waals surface area contributed by atoms with E-state index in [1.807, 2.05) is 6.26 Å². The van der Waals surface area contributed by atoms with Crippen molar-refractivity contribution in [2.75, 3.05) is 6.54 Å². The average molecular weight is 205 g/mol. The van der Waals surface area contributed by atoms with Crippen LogP contribution in [0.15, 0.2) is 16.7 Å². The lowest BCUT2D eigenvalue weighted by Gasteiger charge is -2.36. The lowest BCUT2D eigenvalue weighted by Crippen LogP contribution is -2.46. The maximum atomic E-state index is 5.74. The summed E-state index contributed by atoms with van der Waals surface area (Å²) in [7, 11) is 0. The Morgan fingerprint density at radius 1 is 1.13 bits per heavy atom. The third-order valence-electron chi connectivity index (χ3n) is 4.00. The van der Waals surface area contributed by atoms with Crippen LogP contribution in [0.4, 0.5) is 0 Å². The summed E-state index contributed by atoms with van der Waals surface area (Å²) < 4.78 is 5.74. The highest BCUT2D eigenvalue weighted by molar-refractivity contribution is 5.28. The maximum absolute atomic E-state index is 5.74. The van der Waals surface area contributed by atoms with Crippen molar-refractivity contribution in [1.82, 2.24) is 5.32 Å². The molecule has 1 N–H and O–H groups in total. The number of hydrogen-bond acceptors (Lipinski definition) is 2. The van der Waals surface area contributed by atoms with Crippen LogP contribution in [0.2, 0.25) is 0 Å². The molecule has 0 unspecified atom stereocenters. The molecule has 2 heteroatoms. The van der Waals surface area contributed by atoms with Gasteiger partial charge < -0.3 is 9.73 Å². The van der Waals surface area contributed by atoms with Gasteiger partial charge in [0.15, 0.2) is 0 Å². The van der Waals surface area contributed by atoms with E-state index in [9.17, 15) is 0 Å². The van der Waals surface area contributed by atoms with Crippen molar-refractivity contribution >= 4 is 0 Å². The quantitative estimate of drug-likeness (QED) is 0.704. The van der Waals surface area contributed by atoms with Gasteiger partial charge in [0.25, 0.3) is 0 Å². The Bertz CT molecular complexity index is 334. The highest BCUT2D eigenvalue weighted by Gasteiger charge is 2.39. The minimum atomic E-state index is 0.188. The molecule has 82 valence electrons. The van der Waals surface area contributed by atoms with Crippen molar-refractivity contribution in [3.05, 3.63) is 23.7 Å². The normalized spacial score (nSPS) is 24.8. The van der Waals surface area contributed by atoms with Gasteiger partial charge in [0.1, 0.15) is 5.76 Å². The van der Waals surface area contributed by atoms with E-state index < -0.39 is 0 Å². The molecular formula is C13H19NO. The van der Waals surface area contributed by atoms with Gasteiger partial charge in [-0.25, -0.2) is 0 Å². The van der Waals surface area contributed by atoms with Gasteiger partial charge in [-0.05, 0) is 30.9 Å². The van der Waals surface area contributed by atoms with Crippen LogP contribution in [-0.2, 0) is 12.0 Å². The van der Waals surface area contributed by atoms with Crippen molar-refractivity contribution in [1.29, 1.82) is 0 Å². The molecule has 0 saturated heterocycles. The van der Waals surface area contributed by atoms with Crippen LogP contribution in [0.3, 0.4) is 0 Å². The van der Waals surface area contributed by atoms with E-state index in [1.165, 1.54) is 49.8 Å². The summed E-state index contributed by atoms with van der Waals surface area (Å²) in [4.78, 5) is 0. The van der Waals surface area contributed by atoms with Crippen LogP contribution in [0.5, 0.6) is 0 Å². The summed E-state index contributed by atoms with van der Waals surface area (Å²) in [6.07, 6.45) is 11.0. The molecule has 1 aromatic heterocycles. The molecule has 1 aromatic rings. The van der Waals surface area contributed by atoms with Crippen molar-refractivity contribution in [2.24, 2.45) is 0 Å². The van der Waals surface area contributed by atoms with E-state index in [1.54, 1.807) is 0 Å². The van der Waals surface area contributed by atoms with Gasteiger partial charge in [-0.2, -0.15) is 0 Å². The minimum absolute atomic E-state index is 0.188. The van der Waals surface area contributed by atoms with Crippen LogP contribution in [0.1, 0.15) is 49.8 Å².